The molecule has 90 valence electrons. The quantitative estimate of drug-likeness (QED) is 0.746. The van der Waals surface area contributed by atoms with Crippen molar-refractivity contribution < 1.29 is 4.79 Å². The maximum Gasteiger partial charge on any atom is 0.227 e. The highest BCUT2D eigenvalue weighted by atomic mass is 16.1. The van der Waals surface area contributed by atoms with Crippen LogP contribution in [-0.4, -0.2) is 22.6 Å². The molecule has 0 bridgehead atoms. The summed E-state index contributed by atoms with van der Waals surface area (Å²) in [7, 11) is 0. The number of hydrogen-bond acceptors (Lipinski definition) is 3. The Morgan fingerprint density at radius 3 is 3.18 bits per heavy atom. The van der Waals surface area contributed by atoms with Crippen LogP contribution < -0.4 is 11.1 Å². The van der Waals surface area contributed by atoms with Crippen molar-refractivity contribution in [1.29, 1.82) is 0 Å². The molecule has 1 aromatic carbocycles. The third kappa shape index (κ3) is 2.45. The molecular formula is C12H16N4O. The number of H-pyrrole nitrogens is 1. The summed E-state index contributed by atoms with van der Waals surface area (Å²) >= 11 is 0. The predicted molar refractivity (Wildman–Crippen MR) is 67.6 cm³/mol. The number of benzene rings is 1. The number of nitrogens with zero attached hydrogens (tertiary/aromatic N) is 1. The summed E-state index contributed by atoms with van der Waals surface area (Å²) in [6.07, 6.45) is 2.39. The van der Waals surface area contributed by atoms with Crippen molar-refractivity contribution in [2.24, 2.45) is 11.7 Å². The molecule has 0 aliphatic rings. The number of fused-ring (bicyclic) bond motifs is 1. The van der Waals surface area contributed by atoms with Crippen LogP contribution in [0.15, 0.2) is 24.4 Å². The Hall–Kier alpha value is -1.88. The molecule has 2 rings (SSSR count). The van der Waals surface area contributed by atoms with Gasteiger partial charge >= 0.3 is 0 Å². The van der Waals surface area contributed by atoms with Crippen LogP contribution >= 0.6 is 0 Å². The molecule has 0 radical (unpaired) electrons. The molecule has 1 unspecified atom stereocenters. The van der Waals surface area contributed by atoms with E-state index < -0.39 is 0 Å². The number of carbonyl (C=O) groups excluding carboxylic acids is 1. The highest BCUT2D eigenvalue weighted by Crippen LogP contribution is 2.21. The third-order valence-electron chi connectivity index (χ3n) is 2.79. The Labute approximate surface area is 99.4 Å². The molecule has 2 aromatic rings. The van der Waals surface area contributed by atoms with Gasteiger partial charge in [0.25, 0.3) is 0 Å². The van der Waals surface area contributed by atoms with E-state index in [0.717, 1.165) is 16.6 Å². The van der Waals surface area contributed by atoms with Crippen LogP contribution in [0.2, 0.25) is 0 Å². The number of amides is 1. The highest BCUT2D eigenvalue weighted by molar-refractivity contribution is 6.01. The van der Waals surface area contributed by atoms with Crippen LogP contribution in [0.5, 0.6) is 0 Å². The molecular weight excluding hydrogens is 216 g/mol. The molecule has 0 spiro atoms. The van der Waals surface area contributed by atoms with Gasteiger partial charge in [-0.25, -0.2) is 0 Å². The third-order valence-corrected chi connectivity index (χ3v) is 2.79. The fourth-order valence-corrected chi connectivity index (χ4v) is 1.71. The normalized spacial score (nSPS) is 12.6. The van der Waals surface area contributed by atoms with Gasteiger partial charge in [-0.05, 0) is 25.1 Å². The van der Waals surface area contributed by atoms with Crippen LogP contribution in [0.25, 0.3) is 10.9 Å². The predicted octanol–water partition coefficient (Wildman–Crippen LogP) is 1.49. The summed E-state index contributed by atoms with van der Waals surface area (Å²) in [5, 5.41) is 10.6. The fraction of sp³-hybridized carbons (Fsp3) is 0.333. The van der Waals surface area contributed by atoms with E-state index in [9.17, 15) is 4.79 Å². The first-order valence-electron chi connectivity index (χ1n) is 5.65. The summed E-state index contributed by atoms with van der Waals surface area (Å²) in [5.41, 5.74) is 7.13. The van der Waals surface area contributed by atoms with Crippen LogP contribution in [0.1, 0.15) is 13.3 Å². The highest BCUT2D eigenvalue weighted by Gasteiger charge is 2.13. The van der Waals surface area contributed by atoms with Crippen molar-refractivity contribution in [2.75, 3.05) is 11.9 Å². The zero-order valence-electron chi connectivity index (χ0n) is 9.73. The number of anilines is 1. The van der Waals surface area contributed by atoms with Crippen molar-refractivity contribution in [3.05, 3.63) is 24.4 Å². The Balaban J connectivity index is 2.18. The number of rotatable bonds is 4. The van der Waals surface area contributed by atoms with Gasteiger partial charge in [0.05, 0.1) is 17.4 Å². The number of carbonyl (C=O) groups is 1. The van der Waals surface area contributed by atoms with E-state index in [1.54, 1.807) is 6.20 Å². The van der Waals surface area contributed by atoms with Crippen molar-refractivity contribution in [3.8, 4) is 0 Å². The van der Waals surface area contributed by atoms with Gasteiger partial charge in [0.2, 0.25) is 5.91 Å². The lowest BCUT2D eigenvalue weighted by Crippen LogP contribution is -2.22. The first-order chi connectivity index (χ1) is 8.22. The van der Waals surface area contributed by atoms with Crippen LogP contribution in [-0.2, 0) is 4.79 Å². The first-order valence-corrected chi connectivity index (χ1v) is 5.65. The van der Waals surface area contributed by atoms with E-state index in [-0.39, 0.29) is 11.8 Å². The van der Waals surface area contributed by atoms with Crippen LogP contribution in [0.3, 0.4) is 0 Å². The Bertz CT molecular complexity index is 520. The first kappa shape index (κ1) is 11.6. The Morgan fingerprint density at radius 1 is 1.59 bits per heavy atom. The molecule has 1 atom stereocenters. The van der Waals surface area contributed by atoms with Crippen molar-refractivity contribution >= 4 is 22.5 Å². The Kier molecular flexibility index (Phi) is 3.39. The molecule has 0 aliphatic carbocycles. The van der Waals surface area contributed by atoms with Crippen molar-refractivity contribution in [2.45, 2.75) is 13.3 Å². The van der Waals surface area contributed by atoms with Gasteiger partial charge in [-0.1, -0.05) is 13.0 Å². The van der Waals surface area contributed by atoms with E-state index in [1.165, 1.54) is 0 Å². The minimum absolute atomic E-state index is 0.0100. The minimum atomic E-state index is -0.0813. The number of hydrogen-bond donors (Lipinski definition) is 3. The van der Waals surface area contributed by atoms with E-state index in [1.807, 2.05) is 25.1 Å². The van der Waals surface area contributed by atoms with Crippen molar-refractivity contribution in [3.63, 3.8) is 0 Å². The average molecular weight is 232 g/mol. The SMILES string of the molecule is CC(CCN)C(=O)Nc1cccc2[nH]ncc12. The number of nitrogens with one attached hydrogen (secondary N) is 2. The molecule has 5 nitrogen and oxygen atoms in total. The second-order valence-corrected chi connectivity index (χ2v) is 4.10. The monoisotopic (exact) mass is 232 g/mol. The molecule has 4 N–H and O–H groups in total. The van der Waals surface area contributed by atoms with E-state index in [4.69, 9.17) is 5.73 Å². The lowest BCUT2D eigenvalue weighted by atomic mass is 10.1. The number of nitrogens with two attached hydrogens (primary N) is 1. The lowest BCUT2D eigenvalue weighted by Gasteiger charge is -2.11. The molecule has 1 aromatic heterocycles. The summed E-state index contributed by atoms with van der Waals surface area (Å²) in [6, 6.07) is 5.66. The zero-order chi connectivity index (χ0) is 12.3. The van der Waals surface area contributed by atoms with E-state index >= 15 is 0 Å². The van der Waals surface area contributed by atoms with Gasteiger partial charge < -0.3 is 11.1 Å². The average Bonchev–Trinajstić information content (AvgIpc) is 2.78. The maximum atomic E-state index is 11.9. The van der Waals surface area contributed by atoms with Crippen LogP contribution in [0.4, 0.5) is 5.69 Å². The molecule has 1 heterocycles. The summed E-state index contributed by atoms with van der Waals surface area (Å²) in [5.74, 6) is -0.0914. The fourth-order valence-electron chi connectivity index (χ4n) is 1.71. The van der Waals surface area contributed by atoms with Crippen molar-refractivity contribution in [1.82, 2.24) is 10.2 Å². The summed E-state index contributed by atoms with van der Waals surface area (Å²) in [4.78, 5) is 11.9. The van der Waals surface area contributed by atoms with Gasteiger partial charge in [0, 0.05) is 11.3 Å². The molecule has 0 fully saturated rings. The van der Waals surface area contributed by atoms with Gasteiger partial charge in [0.1, 0.15) is 0 Å². The lowest BCUT2D eigenvalue weighted by molar-refractivity contribution is -0.119. The van der Waals surface area contributed by atoms with Gasteiger partial charge in [-0.15, -0.1) is 0 Å². The topological polar surface area (TPSA) is 83.8 Å². The van der Waals surface area contributed by atoms with E-state index in [2.05, 4.69) is 15.5 Å². The maximum absolute atomic E-state index is 11.9. The van der Waals surface area contributed by atoms with Gasteiger partial charge in [-0.2, -0.15) is 5.10 Å². The Morgan fingerprint density at radius 2 is 2.41 bits per heavy atom. The second kappa shape index (κ2) is 4.97. The number of aromatic amines is 1. The molecule has 17 heavy (non-hydrogen) atoms. The van der Waals surface area contributed by atoms with E-state index in [0.29, 0.717) is 13.0 Å². The molecule has 5 heteroatoms. The zero-order valence-corrected chi connectivity index (χ0v) is 9.73. The molecule has 1 amide bonds. The molecule has 0 saturated heterocycles. The molecule has 0 saturated carbocycles. The summed E-state index contributed by atoms with van der Waals surface area (Å²) in [6.45, 7) is 2.39. The standard InChI is InChI=1S/C12H16N4O/c1-8(5-6-13)12(17)15-10-3-2-4-11-9(10)7-14-16-11/h2-4,7-8H,5-6,13H2,1H3,(H,14,16)(H,15,17). The summed E-state index contributed by atoms with van der Waals surface area (Å²) < 4.78 is 0. The number of aromatic nitrogens is 2. The van der Waals surface area contributed by atoms with Gasteiger partial charge in [-0.3, -0.25) is 9.89 Å². The molecule has 0 aliphatic heterocycles. The van der Waals surface area contributed by atoms with Gasteiger partial charge in [0.15, 0.2) is 0 Å². The smallest absolute Gasteiger partial charge is 0.227 e. The second-order valence-electron chi connectivity index (χ2n) is 4.10. The minimum Gasteiger partial charge on any atom is -0.330 e. The largest absolute Gasteiger partial charge is 0.330 e. The van der Waals surface area contributed by atoms with Crippen LogP contribution in [0, 0.1) is 5.92 Å².